The van der Waals surface area contributed by atoms with Gasteiger partial charge < -0.3 is 10.6 Å². The Morgan fingerprint density at radius 2 is 1.75 bits per heavy atom. The lowest BCUT2D eigenvalue weighted by Crippen LogP contribution is -2.30. The number of benzene rings is 1. The second-order valence-electron chi connectivity index (χ2n) is 4.87. The maximum atomic E-state index is 13.5. The minimum Gasteiger partial charge on any atom is -0.368 e. The largest absolute Gasteiger partial charge is 0.368 e. The molecule has 24 heavy (non-hydrogen) atoms. The van der Waals surface area contributed by atoms with Crippen LogP contribution in [-0.2, 0) is 0 Å². The molecular weight excluding hydrogens is 316 g/mol. The first-order valence-corrected chi connectivity index (χ1v) is 7.19. The molecule has 0 spiro atoms. The van der Waals surface area contributed by atoms with Crippen molar-refractivity contribution in [3.63, 3.8) is 0 Å². The zero-order valence-corrected chi connectivity index (χ0v) is 12.5. The standard InChI is InChI=1S/C16H13F2N5O/c17-10-2-1-3-11(18)14(10)16(24)22-9-7-20-13-5-4-12-15(23-13)21-8-6-19-12/h1-6,8H,7,9H2,(H,22,24)(H,20,21,23). The number of pyridine rings is 1. The van der Waals surface area contributed by atoms with E-state index in [4.69, 9.17) is 0 Å². The van der Waals surface area contributed by atoms with Crippen molar-refractivity contribution in [2.24, 2.45) is 0 Å². The number of nitrogens with zero attached hydrogens (tertiary/aromatic N) is 3. The van der Waals surface area contributed by atoms with E-state index < -0.39 is 23.1 Å². The van der Waals surface area contributed by atoms with E-state index in [1.54, 1.807) is 24.5 Å². The molecule has 2 N–H and O–H groups in total. The van der Waals surface area contributed by atoms with E-state index in [1.165, 1.54) is 6.07 Å². The predicted octanol–water partition coefficient (Wildman–Crippen LogP) is 2.14. The normalized spacial score (nSPS) is 10.6. The Balaban J connectivity index is 1.55. The maximum Gasteiger partial charge on any atom is 0.257 e. The first-order valence-electron chi connectivity index (χ1n) is 7.19. The van der Waals surface area contributed by atoms with Gasteiger partial charge in [-0.05, 0) is 24.3 Å². The van der Waals surface area contributed by atoms with Crippen LogP contribution in [0.1, 0.15) is 10.4 Å². The van der Waals surface area contributed by atoms with Gasteiger partial charge in [-0.25, -0.2) is 18.7 Å². The van der Waals surface area contributed by atoms with E-state index in [9.17, 15) is 13.6 Å². The van der Waals surface area contributed by atoms with E-state index in [1.807, 2.05) is 0 Å². The molecule has 1 amide bonds. The van der Waals surface area contributed by atoms with Gasteiger partial charge in [-0.2, -0.15) is 0 Å². The first kappa shape index (κ1) is 15.7. The molecule has 0 aliphatic rings. The van der Waals surface area contributed by atoms with Crippen LogP contribution in [0.15, 0.2) is 42.7 Å². The Hall–Kier alpha value is -3.16. The molecule has 6 nitrogen and oxygen atoms in total. The van der Waals surface area contributed by atoms with Gasteiger partial charge in [-0.15, -0.1) is 0 Å². The summed E-state index contributed by atoms with van der Waals surface area (Å²) in [6, 6.07) is 6.78. The van der Waals surface area contributed by atoms with Crippen molar-refractivity contribution in [3.05, 3.63) is 59.9 Å². The number of rotatable bonds is 5. The van der Waals surface area contributed by atoms with Crippen molar-refractivity contribution in [2.45, 2.75) is 0 Å². The van der Waals surface area contributed by atoms with Gasteiger partial charge in [0.15, 0.2) is 5.65 Å². The summed E-state index contributed by atoms with van der Waals surface area (Å²) < 4.78 is 27.0. The van der Waals surface area contributed by atoms with Gasteiger partial charge in [0.05, 0.1) is 0 Å². The summed E-state index contributed by atoms with van der Waals surface area (Å²) in [6.45, 7) is 0.507. The fraction of sp³-hybridized carbons (Fsp3) is 0.125. The molecule has 0 radical (unpaired) electrons. The Morgan fingerprint density at radius 3 is 2.54 bits per heavy atom. The van der Waals surface area contributed by atoms with Crippen LogP contribution in [0.4, 0.5) is 14.6 Å². The van der Waals surface area contributed by atoms with Gasteiger partial charge in [0.1, 0.15) is 28.5 Å². The van der Waals surface area contributed by atoms with Crippen molar-refractivity contribution in [2.75, 3.05) is 18.4 Å². The van der Waals surface area contributed by atoms with Crippen LogP contribution in [0.5, 0.6) is 0 Å². The van der Waals surface area contributed by atoms with Crippen LogP contribution in [0.2, 0.25) is 0 Å². The van der Waals surface area contributed by atoms with Gasteiger partial charge in [0.25, 0.3) is 5.91 Å². The third kappa shape index (κ3) is 3.43. The highest BCUT2D eigenvalue weighted by Crippen LogP contribution is 2.12. The van der Waals surface area contributed by atoms with Gasteiger partial charge in [-0.3, -0.25) is 9.78 Å². The van der Waals surface area contributed by atoms with Crippen LogP contribution in [-0.4, -0.2) is 33.9 Å². The summed E-state index contributed by atoms with van der Waals surface area (Å²) in [7, 11) is 0. The predicted molar refractivity (Wildman–Crippen MR) is 84.5 cm³/mol. The number of halogens is 2. The molecule has 0 unspecified atom stereocenters. The average molecular weight is 329 g/mol. The summed E-state index contributed by atoms with van der Waals surface area (Å²) >= 11 is 0. The lowest BCUT2D eigenvalue weighted by molar-refractivity contribution is 0.0946. The highest BCUT2D eigenvalue weighted by molar-refractivity contribution is 5.94. The highest BCUT2D eigenvalue weighted by atomic mass is 19.1. The van der Waals surface area contributed by atoms with Crippen molar-refractivity contribution >= 4 is 22.9 Å². The maximum absolute atomic E-state index is 13.5. The van der Waals surface area contributed by atoms with E-state index in [0.717, 1.165) is 12.1 Å². The zero-order valence-electron chi connectivity index (χ0n) is 12.5. The monoisotopic (exact) mass is 329 g/mol. The Morgan fingerprint density at radius 1 is 1.00 bits per heavy atom. The second kappa shape index (κ2) is 6.95. The second-order valence-corrected chi connectivity index (χ2v) is 4.87. The zero-order chi connectivity index (χ0) is 16.9. The van der Waals surface area contributed by atoms with Crippen molar-refractivity contribution < 1.29 is 13.6 Å². The van der Waals surface area contributed by atoms with E-state index in [2.05, 4.69) is 25.6 Å². The van der Waals surface area contributed by atoms with Crippen molar-refractivity contribution in [3.8, 4) is 0 Å². The first-order chi connectivity index (χ1) is 11.6. The number of aromatic nitrogens is 3. The summed E-state index contributed by atoms with van der Waals surface area (Å²) in [6.07, 6.45) is 3.12. The number of amides is 1. The van der Waals surface area contributed by atoms with Crippen molar-refractivity contribution in [1.82, 2.24) is 20.3 Å². The summed E-state index contributed by atoms with van der Waals surface area (Å²) in [4.78, 5) is 24.3. The number of hydrogen-bond acceptors (Lipinski definition) is 5. The number of carbonyl (C=O) groups excluding carboxylic acids is 1. The highest BCUT2D eigenvalue weighted by Gasteiger charge is 2.16. The Bertz CT molecular complexity index is 867. The van der Waals surface area contributed by atoms with Crippen LogP contribution in [0.3, 0.4) is 0 Å². The number of anilines is 1. The molecule has 2 heterocycles. The summed E-state index contributed by atoms with van der Waals surface area (Å²) in [5.41, 5.74) is 0.586. The molecule has 0 saturated heterocycles. The summed E-state index contributed by atoms with van der Waals surface area (Å²) in [5.74, 6) is -2.02. The lowest BCUT2D eigenvalue weighted by atomic mass is 10.2. The quantitative estimate of drug-likeness (QED) is 0.701. The fourth-order valence-electron chi connectivity index (χ4n) is 2.12. The molecule has 0 saturated carbocycles. The molecule has 0 atom stereocenters. The number of carbonyl (C=O) groups is 1. The van der Waals surface area contributed by atoms with Crippen LogP contribution >= 0.6 is 0 Å². The van der Waals surface area contributed by atoms with Crippen LogP contribution in [0, 0.1) is 11.6 Å². The minimum absolute atomic E-state index is 0.173. The molecule has 2 aromatic heterocycles. The molecule has 0 fully saturated rings. The molecule has 1 aromatic carbocycles. The van der Waals surface area contributed by atoms with E-state index in [0.29, 0.717) is 23.5 Å². The molecule has 8 heteroatoms. The number of hydrogen-bond donors (Lipinski definition) is 2. The Labute approximate surface area is 136 Å². The van der Waals surface area contributed by atoms with Gasteiger partial charge >= 0.3 is 0 Å². The third-order valence-electron chi connectivity index (χ3n) is 3.24. The average Bonchev–Trinajstić information content (AvgIpc) is 2.58. The number of fused-ring (bicyclic) bond motifs is 1. The SMILES string of the molecule is O=C(NCCNc1ccc2nccnc2n1)c1c(F)cccc1F. The fourth-order valence-corrected chi connectivity index (χ4v) is 2.12. The molecule has 3 aromatic rings. The van der Waals surface area contributed by atoms with E-state index >= 15 is 0 Å². The van der Waals surface area contributed by atoms with Gasteiger partial charge in [0.2, 0.25) is 0 Å². The van der Waals surface area contributed by atoms with Crippen LogP contribution < -0.4 is 10.6 Å². The molecular formula is C16H13F2N5O. The smallest absolute Gasteiger partial charge is 0.257 e. The lowest BCUT2D eigenvalue weighted by Gasteiger charge is -2.09. The topological polar surface area (TPSA) is 79.8 Å². The molecule has 0 aliphatic heterocycles. The van der Waals surface area contributed by atoms with Crippen molar-refractivity contribution in [1.29, 1.82) is 0 Å². The van der Waals surface area contributed by atoms with E-state index in [-0.39, 0.29) is 6.54 Å². The van der Waals surface area contributed by atoms with Gasteiger partial charge in [-0.1, -0.05) is 6.07 Å². The van der Waals surface area contributed by atoms with Gasteiger partial charge in [0, 0.05) is 25.5 Å². The molecule has 0 aliphatic carbocycles. The minimum atomic E-state index is -0.893. The molecule has 122 valence electrons. The molecule has 0 bridgehead atoms. The van der Waals surface area contributed by atoms with Crippen LogP contribution in [0.25, 0.3) is 11.2 Å². The summed E-state index contributed by atoms with van der Waals surface area (Å²) in [5, 5.41) is 5.44. The molecule has 3 rings (SSSR count). The number of nitrogens with one attached hydrogen (secondary N) is 2. The third-order valence-corrected chi connectivity index (χ3v) is 3.24. The Kier molecular flexibility index (Phi) is 4.55.